The van der Waals surface area contributed by atoms with Crippen LogP contribution >= 0.6 is 0 Å². The van der Waals surface area contributed by atoms with Crippen molar-refractivity contribution < 1.29 is 18.9 Å². The molecule has 1 aromatic heterocycles. The van der Waals surface area contributed by atoms with Crippen LogP contribution in [0.5, 0.6) is 0 Å². The topological polar surface area (TPSA) is 71.6 Å². The molecule has 0 fully saturated rings. The van der Waals surface area contributed by atoms with Crippen molar-refractivity contribution in [3.63, 3.8) is 0 Å². The molecular weight excluding hydrogens is 282 g/mol. The van der Waals surface area contributed by atoms with Crippen LogP contribution in [0.1, 0.15) is 31.2 Å². The highest BCUT2D eigenvalue weighted by molar-refractivity contribution is 5.66. The van der Waals surface area contributed by atoms with Gasteiger partial charge in [-0.05, 0) is 25.8 Å². The van der Waals surface area contributed by atoms with Gasteiger partial charge in [0.15, 0.2) is 25.5 Å². The van der Waals surface area contributed by atoms with Gasteiger partial charge in [0, 0.05) is 18.2 Å². The molecular formula is C16H24N3O3+. The predicted octanol–water partition coefficient (Wildman–Crippen LogP) is 1.90. The minimum Gasteiger partial charge on any atom is -0.443 e. The normalized spacial score (nSPS) is 9.86. The highest BCUT2D eigenvalue weighted by atomic mass is 16.5. The van der Waals surface area contributed by atoms with Crippen LogP contribution < -0.4 is 9.88 Å². The molecule has 6 nitrogen and oxygen atoms in total. The van der Waals surface area contributed by atoms with E-state index in [4.69, 9.17) is 4.74 Å². The lowest BCUT2D eigenvalue weighted by molar-refractivity contribution is -0.698. The summed E-state index contributed by atoms with van der Waals surface area (Å²) in [5, 5.41) is 2.73. The number of hydrogen-bond acceptors (Lipinski definition) is 4. The van der Waals surface area contributed by atoms with Gasteiger partial charge in [0.1, 0.15) is 0 Å². The molecule has 0 saturated carbocycles. The van der Waals surface area contributed by atoms with Crippen LogP contribution in [0.4, 0.5) is 4.79 Å². The van der Waals surface area contributed by atoms with E-state index in [0.717, 1.165) is 25.7 Å². The molecule has 1 N–H and O–H groups in total. The fraction of sp³-hybridized carbons (Fsp3) is 0.562. The number of aromatic nitrogens is 1. The zero-order valence-electron chi connectivity index (χ0n) is 13.1. The maximum absolute atomic E-state index is 11.5. The third-order valence-electron chi connectivity index (χ3n) is 3.12. The Kier molecular flexibility index (Phi) is 9.30. The SMILES string of the molecule is Cc1ccc[n+](CCOC(=O)NCCCCCCN=C=O)c1. The number of pyridine rings is 1. The summed E-state index contributed by atoms with van der Waals surface area (Å²) in [6, 6.07) is 3.99. The highest BCUT2D eigenvalue weighted by Gasteiger charge is 2.04. The molecule has 0 spiro atoms. The van der Waals surface area contributed by atoms with Gasteiger partial charge in [-0.15, -0.1) is 0 Å². The van der Waals surface area contributed by atoms with Gasteiger partial charge in [0.25, 0.3) is 0 Å². The van der Waals surface area contributed by atoms with E-state index in [1.807, 2.05) is 36.0 Å². The fourth-order valence-electron chi connectivity index (χ4n) is 1.99. The second-order valence-corrected chi connectivity index (χ2v) is 5.07. The number of nitrogens with one attached hydrogen (secondary N) is 1. The van der Waals surface area contributed by atoms with Crippen molar-refractivity contribution in [2.45, 2.75) is 39.2 Å². The number of aliphatic imine (C=N–C) groups is 1. The third-order valence-corrected chi connectivity index (χ3v) is 3.12. The quantitative estimate of drug-likeness (QED) is 0.311. The van der Waals surface area contributed by atoms with Crippen molar-refractivity contribution in [1.29, 1.82) is 0 Å². The summed E-state index contributed by atoms with van der Waals surface area (Å²) in [5.74, 6) is 0. The van der Waals surface area contributed by atoms with Gasteiger partial charge < -0.3 is 10.1 Å². The number of isocyanates is 1. The number of unbranched alkanes of at least 4 members (excludes halogenated alkanes) is 3. The van der Waals surface area contributed by atoms with Gasteiger partial charge >= 0.3 is 6.09 Å². The Morgan fingerprint density at radius 2 is 2.18 bits per heavy atom. The Balaban J connectivity index is 1.98. The largest absolute Gasteiger partial charge is 0.443 e. The average Bonchev–Trinajstić information content (AvgIpc) is 2.50. The first-order valence-electron chi connectivity index (χ1n) is 7.62. The lowest BCUT2D eigenvalue weighted by Crippen LogP contribution is -2.37. The van der Waals surface area contributed by atoms with E-state index >= 15 is 0 Å². The van der Waals surface area contributed by atoms with Gasteiger partial charge in [-0.1, -0.05) is 12.8 Å². The van der Waals surface area contributed by atoms with Crippen LogP contribution in [0.3, 0.4) is 0 Å². The van der Waals surface area contributed by atoms with Crippen LogP contribution in [0.15, 0.2) is 29.5 Å². The van der Waals surface area contributed by atoms with Crippen molar-refractivity contribution in [2.75, 3.05) is 19.7 Å². The number of ether oxygens (including phenoxy) is 1. The van der Waals surface area contributed by atoms with Crippen molar-refractivity contribution in [3.8, 4) is 0 Å². The number of rotatable bonds is 10. The highest BCUT2D eigenvalue weighted by Crippen LogP contribution is 1.98. The molecule has 1 aromatic rings. The summed E-state index contributed by atoms with van der Waals surface area (Å²) >= 11 is 0. The lowest BCUT2D eigenvalue weighted by atomic mass is 10.2. The zero-order chi connectivity index (χ0) is 16.0. The van der Waals surface area contributed by atoms with Gasteiger partial charge in [0.05, 0.1) is 6.54 Å². The summed E-state index contributed by atoms with van der Waals surface area (Å²) in [4.78, 5) is 24.8. The second kappa shape index (κ2) is 11.5. The summed E-state index contributed by atoms with van der Waals surface area (Å²) in [6.07, 6.45) is 8.86. The maximum atomic E-state index is 11.5. The minimum atomic E-state index is -0.376. The molecule has 0 saturated heterocycles. The molecule has 0 aliphatic heterocycles. The van der Waals surface area contributed by atoms with Gasteiger partial charge in [0.2, 0.25) is 6.08 Å². The van der Waals surface area contributed by atoms with Crippen molar-refractivity contribution in [3.05, 3.63) is 30.1 Å². The number of nitrogens with zero attached hydrogens (tertiary/aromatic N) is 2. The molecule has 1 heterocycles. The molecule has 1 amide bonds. The van der Waals surface area contributed by atoms with E-state index < -0.39 is 0 Å². The maximum Gasteiger partial charge on any atom is 0.407 e. The van der Waals surface area contributed by atoms with E-state index in [1.165, 1.54) is 11.6 Å². The molecule has 120 valence electrons. The van der Waals surface area contributed by atoms with Crippen LogP contribution in [0.2, 0.25) is 0 Å². The number of carbonyl (C=O) groups excluding carboxylic acids is 2. The number of hydrogen-bond donors (Lipinski definition) is 1. The average molecular weight is 306 g/mol. The molecule has 0 unspecified atom stereocenters. The number of alkyl carbamates (subject to hydrolysis) is 1. The molecule has 0 aromatic carbocycles. The van der Waals surface area contributed by atoms with E-state index in [1.54, 1.807) is 0 Å². The van der Waals surface area contributed by atoms with E-state index in [0.29, 0.717) is 26.2 Å². The number of aryl methyl sites for hydroxylation is 1. The van der Waals surface area contributed by atoms with Gasteiger partial charge in [-0.2, -0.15) is 0 Å². The molecule has 0 bridgehead atoms. The molecule has 0 radical (unpaired) electrons. The molecule has 6 heteroatoms. The van der Waals surface area contributed by atoms with E-state index in [-0.39, 0.29) is 6.09 Å². The Labute approximate surface area is 131 Å². The smallest absolute Gasteiger partial charge is 0.407 e. The Bertz CT molecular complexity index is 499. The predicted molar refractivity (Wildman–Crippen MR) is 82.2 cm³/mol. The summed E-state index contributed by atoms with van der Waals surface area (Å²) in [5.41, 5.74) is 1.17. The van der Waals surface area contributed by atoms with Crippen molar-refractivity contribution in [2.24, 2.45) is 4.99 Å². The summed E-state index contributed by atoms with van der Waals surface area (Å²) in [7, 11) is 0. The summed E-state index contributed by atoms with van der Waals surface area (Å²) < 4.78 is 7.11. The first kappa shape index (κ1) is 17.9. The Morgan fingerprint density at radius 1 is 1.36 bits per heavy atom. The standard InChI is InChI=1S/C16H23N3O3/c1-15-7-6-10-19(13-15)11-12-22-16(21)18-9-5-3-2-4-8-17-14-20/h6-7,10,13H,2-5,8-9,11-12H2,1H3/p+1. The van der Waals surface area contributed by atoms with Crippen LogP contribution in [-0.2, 0) is 16.1 Å². The number of amides is 1. The first-order chi connectivity index (χ1) is 10.7. The van der Waals surface area contributed by atoms with Gasteiger partial charge in [-0.25, -0.2) is 19.1 Å². The molecule has 22 heavy (non-hydrogen) atoms. The molecule has 0 aliphatic carbocycles. The summed E-state index contributed by atoms with van der Waals surface area (Å²) in [6.45, 7) is 4.16. The van der Waals surface area contributed by atoms with Crippen molar-refractivity contribution >= 4 is 12.2 Å². The Hall–Kier alpha value is -2.20. The van der Waals surface area contributed by atoms with E-state index in [2.05, 4.69) is 10.3 Å². The number of carbonyl (C=O) groups is 1. The van der Waals surface area contributed by atoms with E-state index in [9.17, 15) is 9.59 Å². The molecule has 0 aliphatic rings. The monoisotopic (exact) mass is 306 g/mol. The zero-order valence-corrected chi connectivity index (χ0v) is 13.1. The van der Waals surface area contributed by atoms with Crippen LogP contribution in [0, 0.1) is 6.92 Å². The van der Waals surface area contributed by atoms with Gasteiger partial charge in [-0.3, -0.25) is 0 Å². The minimum absolute atomic E-state index is 0.351. The second-order valence-electron chi connectivity index (χ2n) is 5.07. The Morgan fingerprint density at radius 3 is 2.95 bits per heavy atom. The third kappa shape index (κ3) is 8.87. The molecule has 0 atom stereocenters. The molecule has 1 rings (SSSR count). The first-order valence-corrected chi connectivity index (χ1v) is 7.62. The van der Waals surface area contributed by atoms with Crippen LogP contribution in [0.25, 0.3) is 0 Å². The lowest BCUT2D eigenvalue weighted by Gasteiger charge is -2.05. The van der Waals surface area contributed by atoms with Crippen LogP contribution in [-0.4, -0.2) is 31.9 Å². The fourth-order valence-corrected chi connectivity index (χ4v) is 1.99. The van der Waals surface area contributed by atoms with Crippen molar-refractivity contribution in [1.82, 2.24) is 5.32 Å².